The van der Waals surface area contributed by atoms with Gasteiger partial charge in [-0.2, -0.15) is 0 Å². The molecule has 0 aliphatic heterocycles. The van der Waals surface area contributed by atoms with Crippen LogP contribution in [0.15, 0.2) is 30.5 Å². The van der Waals surface area contributed by atoms with Crippen molar-refractivity contribution in [2.24, 2.45) is 11.7 Å². The third kappa shape index (κ3) is 2.54. The van der Waals surface area contributed by atoms with Gasteiger partial charge in [0, 0.05) is 17.1 Å². The maximum absolute atomic E-state index is 10.8. The van der Waals surface area contributed by atoms with Crippen LogP contribution in [0.3, 0.4) is 0 Å². The average molecular weight is 246 g/mol. The zero-order valence-corrected chi connectivity index (χ0v) is 10.4. The smallest absolute Gasteiger partial charge is 0.320 e. The second-order valence-corrected chi connectivity index (χ2v) is 4.74. The number of nitrogens with one attached hydrogen (secondary N) is 1. The van der Waals surface area contributed by atoms with Gasteiger partial charge in [-0.3, -0.25) is 4.79 Å². The lowest BCUT2D eigenvalue weighted by atomic mass is 9.95. The number of carboxylic acid groups (broad SMARTS) is 1. The fourth-order valence-electron chi connectivity index (χ4n) is 2.14. The molecule has 1 aromatic heterocycles. The summed E-state index contributed by atoms with van der Waals surface area (Å²) in [5.74, 6) is -0.961. The minimum absolute atomic E-state index is 0.0313. The number of hydrogen-bond acceptors (Lipinski definition) is 2. The fourth-order valence-corrected chi connectivity index (χ4v) is 2.14. The van der Waals surface area contributed by atoms with Gasteiger partial charge in [0.25, 0.3) is 0 Å². The Morgan fingerprint density at radius 1 is 1.44 bits per heavy atom. The lowest BCUT2D eigenvalue weighted by molar-refractivity contribution is -0.139. The molecule has 0 amide bonds. The van der Waals surface area contributed by atoms with Gasteiger partial charge in [0.15, 0.2) is 0 Å². The number of aromatic amines is 1. The summed E-state index contributed by atoms with van der Waals surface area (Å²) >= 11 is 0. The molecule has 18 heavy (non-hydrogen) atoms. The van der Waals surface area contributed by atoms with E-state index >= 15 is 0 Å². The Morgan fingerprint density at radius 3 is 2.89 bits per heavy atom. The number of rotatable bonds is 5. The van der Waals surface area contributed by atoms with Crippen LogP contribution in [0.4, 0.5) is 0 Å². The molecule has 0 bridgehead atoms. The second kappa shape index (κ2) is 5.23. The molecular weight excluding hydrogens is 228 g/mol. The molecule has 2 rings (SSSR count). The first kappa shape index (κ1) is 12.6. The Kier molecular flexibility index (Phi) is 3.67. The van der Waals surface area contributed by atoms with Gasteiger partial charge in [-0.25, -0.2) is 0 Å². The number of carboxylic acids is 1. The summed E-state index contributed by atoms with van der Waals surface area (Å²) in [5.41, 5.74) is 7.94. The van der Waals surface area contributed by atoms with Gasteiger partial charge in [-0.1, -0.05) is 25.1 Å². The number of para-hydroxylation sites is 1. The van der Waals surface area contributed by atoms with Crippen molar-refractivity contribution >= 4 is 16.9 Å². The summed E-state index contributed by atoms with van der Waals surface area (Å²) in [6.45, 7) is 1.88. The highest BCUT2D eigenvalue weighted by atomic mass is 16.4. The summed E-state index contributed by atoms with van der Waals surface area (Å²) < 4.78 is 0. The van der Waals surface area contributed by atoms with E-state index in [9.17, 15) is 4.79 Å². The Bertz CT molecular complexity index is 547. The van der Waals surface area contributed by atoms with Gasteiger partial charge in [-0.15, -0.1) is 0 Å². The Morgan fingerprint density at radius 2 is 2.17 bits per heavy atom. The van der Waals surface area contributed by atoms with E-state index in [4.69, 9.17) is 10.8 Å². The fraction of sp³-hybridized carbons (Fsp3) is 0.357. The molecule has 1 heterocycles. The van der Waals surface area contributed by atoms with E-state index in [0.29, 0.717) is 0 Å². The van der Waals surface area contributed by atoms with Crippen molar-refractivity contribution < 1.29 is 9.90 Å². The maximum atomic E-state index is 10.8. The van der Waals surface area contributed by atoms with E-state index in [1.54, 1.807) is 0 Å². The molecule has 4 N–H and O–H groups in total. The summed E-state index contributed by atoms with van der Waals surface area (Å²) in [7, 11) is 0. The predicted molar refractivity (Wildman–Crippen MR) is 71.4 cm³/mol. The molecular formula is C14H18N2O2. The zero-order valence-electron chi connectivity index (χ0n) is 10.4. The minimum Gasteiger partial charge on any atom is -0.480 e. The van der Waals surface area contributed by atoms with Crippen molar-refractivity contribution in [1.29, 1.82) is 0 Å². The molecule has 0 aliphatic carbocycles. The molecule has 2 atom stereocenters. The van der Waals surface area contributed by atoms with Crippen molar-refractivity contribution in [3.05, 3.63) is 36.0 Å². The first-order valence-electron chi connectivity index (χ1n) is 6.13. The molecule has 4 heteroatoms. The topological polar surface area (TPSA) is 79.1 Å². The first-order chi connectivity index (χ1) is 8.59. The largest absolute Gasteiger partial charge is 0.480 e. The Balaban J connectivity index is 2.04. The van der Waals surface area contributed by atoms with Crippen LogP contribution in [-0.2, 0) is 11.2 Å². The highest BCUT2D eigenvalue weighted by Gasteiger charge is 2.19. The van der Waals surface area contributed by atoms with E-state index in [2.05, 4.69) is 11.1 Å². The Labute approximate surface area is 106 Å². The van der Waals surface area contributed by atoms with E-state index in [0.717, 1.165) is 18.4 Å². The summed E-state index contributed by atoms with van der Waals surface area (Å²) in [4.78, 5) is 14.0. The maximum Gasteiger partial charge on any atom is 0.320 e. The van der Waals surface area contributed by atoms with Crippen LogP contribution in [0.25, 0.3) is 10.9 Å². The quantitative estimate of drug-likeness (QED) is 0.756. The van der Waals surface area contributed by atoms with Gasteiger partial charge >= 0.3 is 5.97 Å². The van der Waals surface area contributed by atoms with Gasteiger partial charge in [0.2, 0.25) is 0 Å². The molecule has 0 aliphatic rings. The van der Waals surface area contributed by atoms with Gasteiger partial charge < -0.3 is 15.8 Å². The van der Waals surface area contributed by atoms with E-state index in [-0.39, 0.29) is 5.92 Å². The van der Waals surface area contributed by atoms with Crippen LogP contribution in [0.2, 0.25) is 0 Å². The number of fused-ring (bicyclic) bond motifs is 1. The van der Waals surface area contributed by atoms with Crippen LogP contribution < -0.4 is 5.73 Å². The monoisotopic (exact) mass is 246 g/mol. The molecule has 0 saturated heterocycles. The summed E-state index contributed by atoms with van der Waals surface area (Å²) in [6.07, 6.45) is 3.60. The molecule has 4 nitrogen and oxygen atoms in total. The first-order valence-corrected chi connectivity index (χ1v) is 6.13. The van der Waals surface area contributed by atoms with Crippen LogP contribution in [0.1, 0.15) is 18.9 Å². The molecule has 1 aromatic carbocycles. The lowest BCUT2D eigenvalue weighted by Gasteiger charge is -2.15. The zero-order chi connectivity index (χ0) is 13.1. The number of aromatic nitrogens is 1. The van der Waals surface area contributed by atoms with E-state index < -0.39 is 12.0 Å². The number of aryl methyl sites for hydroxylation is 1. The normalized spacial score (nSPS) is 14.6. The second-order valence-electron chi connectivity index (χ2n) is 4.74. The van der Waals surface area contributed by atoms with E-state index in [1.807, 2.05) is 31.3 Å². The number of carbonyl (C=O) groups is 1. The van der Waals surface area contributed by atoms with Gasteiger partial charge in [0.05, 0.1) is 0 Å². The predicted octanol–water partition coefficient (Wildman–Crippen LogP) is 2.15. The number of aliphatic carboxylic acids is 1. The molecule has 0 spiro atoms. The van der Waals surface area contributed by atoms with Gasteiger partial charge in [0.1, 0.15) is 6.04 Å². The van der Waals surface area contributed by atoms with Gasteiger partial charge in [-0.05, 0) is 30.4 Å². The summed E-state index contributed by atoms with van der Waals surface area (Å²) in [6, 6.07) is 7.32. The molecule has 0 unspecified atom stereocenters. The van der Waals surface area contributed by atoms with Crippen molar-refractivity contribution in [3.8, 4) is 0 Å². The van der Waals surface area contributed by atoms with Crippen molar-refractivity contribution in [3.63, 3.8) is 0 Å². The molecule has 0 fully saturated rings. The van der Waals surface area contributed by atoms with E-state index in [1.165, 1.54) is 10.9 Å². The highest BCUT2D eigenvalue weighted by molar-refractivity contribution is 5.83. The van der Waals surface area contributed by atoms with Crippen molar-refractivity contribution in [1.82, 2.24) is 4.98 Å². The molecule has 2 aromatic rings. The standard InChI is InChI=1S/C14H18N2O2/c1-9(13(15)14(17)18)6-7-10-8-16-12-5-3-2-4-11(10)12/h2-5,8-9,13,16H,6-7,15H2,1H3,(H,17,18)/t9-,13-/m1/s1. The molecule has 0 radical (unpaired) electrons. The molecule has 96 valence electrons. The minimum atomic E-state index is -0.929. The van der Waals surface area contributed by atoms with Crippen LogP contribution in [0, 0.1) is 5.92 Å². The van der Waals surface area contributed by atoms with Crippen LogP contribution in [0.5, 0.6) is 0 Å². The average Bonchev–Trinajstić information content (AvgIpc) is 2.78. The Hall–Kier alpha value is -1.81. The number of benzene rings is 1. The summed E-state index contributed by atoms with van der Waals surface area (Å²) in [5, 5.41) is 10.1. The van der Waals surface area contributed by atoms with Crippen molar-refractivity contribution in [2.75, 3.05) is 0 Å². The van der Waals surface area contributed by atoms with Crippen LogP contribution >= 0.6 is 0 Å². The number of hydrogen-bond donors (Lipinski definition) is 3. The van der Waals surface area contributed by atoms with Crippen molar-refractivity contribution in [2.45, 2.75) is 25.8 Å². The highest BCUT2D eigenvalue weighted by Crippen LogP contribution is 2.21. The lowest BCUT2D eigenvalue weighted by Crippen LogP contribution is -2.36. The molecule has 0 saturated carbocycles. The SMILES string of the molecule is C[C@H](CCc1c[nH]c2ccccc12)[C@@H](N)C(=O)O. The number of H-pyrrole nitrogens is 1. The third-order valence-corrected chi connectivity index (χ3v) is 3.44. The third-order valence-electron chi connectivity index (χ3n) is 3.44. The van der Waals surface area contributed by atoms with Crippen LogP contribution in [-0.4, -0.2) is 22.1 Å². The number of nitrogens with two attached hydrogens (primary N) is 1.